The molecule has 214 valence electrons. The van der Waals surface area contributed by atoms with Gasteiger partial charge in [-0.3, -0.25) is 14.6 Å². The van der Waals surface area contributed by atoms with Gasteiger partial charge >= 0.3 is 6.09 Å². The van der Waals surface area contributed by atoms with Gasteiger partial charge in [0.25, 0.3) is 5.91 Å². The Morgan fingerprint density at radius 1 is 1.05 bits per heavy atom. The second-order valence-corrected chi connectivity index (χ2v) is 10.4. The van der Waals surface area contributed by atoms with Crippen molar-refractivity contribution >= 4 is 23.6 Å². The van der Waals surface area contributed by atoms with Crippen molar-refractivity contribution in [3.8, 4) is 22.9 Å². The van der Waals surface area contributed by atoms with Gasteiger partial charge in [-0.2, -0.15) is 0 Å². The third kappa shape index (κ3) is 6.75. The fourth-order valence-electron chi connectivity index (χ4n) is 5.24. The van der Waals surface area contributed by atoms with Crippen LogP contribution < -0.4 is 25.0 Å². The number of benzene rings is 1. The van der Waals surface area contributed by atoms with E-state index in [1.54, 1.807) is 12.1 Å². The SMILES string of the molecule is O=C1COc2ccc(N3CC(CCNCc4cccc(-c5cccc(OCCN6CCCC6)n5)c4)OC3=O)nc2N1. The molecule has 3 aromatic rings. The van der Waals surface area contributed by atoms with Crippen LogP contribution in [0.5, 0.6) is 11.6 Å². The van der Waals surface area contributed by atoms with E-state index in [1.807, 2.05) is 24.3 Å². The Morgan fingerprint density at radius 2 is 1.93 bits per heavy atom. The number of nitrogens with one attached hydrogen (secondary N) is 2. The van der Waals surface area contributed by atoms with Crippen molar-refractivity contribution in [1.82, 2.24) is 20.2 Å². The Hall–Kier alpha value is -4.22. The van der Waals surface area contributed by atoms with Crippen LogP contribution in [0, 0.1) is 0 Å². The van der Waals surface area contributed by atoms with Crippen LogP contribution in [0.3, 0.4) is 0 Å². The maximum atomic E-state index is 12.5. The summed E-state index contributed by atoms with van der Waals surface area (Å²) in [5.41, 5.74) is 3.05. The summed E-state index contributed by atoms with van der Waals surface area (Å²) in [6.07, 6.45) is 2.50. The standard InChI is InChI=1S/C30H34N6O5/c37-27-20-40-25-9-10-26(33-29(25)34-27)36-19-23(41-30(36)38)11-12-31-18-21-5-3-6-22(17-21)24-7-4-8-28(32-24)39-16-15-35-13-1-2-14-35/h3-10,17,23,31H,1-2,11-16,18-20H2,(H,33,34,37). The lowest BCUT2D eigenvalue weighted by molar-refractivity contribution is -0.118. The summed E-state index contributed by atoms with van der Waals surface area (Å²) in [6, 6.07) is 17.6. The lowest BCUT2D eigenvalue weighted by Gasteiger charge is -2.19. The molecule has 0 bridgehead atoms. The van der Waals surface area contributed by atoms with E-state index in [-0.39, 0.29) is 18.6 Å². The van der Waals surface area contributed by atoms with Gasteiger partial charge in [0.15, 0.2) is 18.2 Å². The Kier molecular flexibility index (Phi) is 8.24. The normalized spacial score (nSPS) is 18.5. The maximum absolute atomic E-state index is 12.5. The molecule has 11 heteroatoms. The highest BCUT2D eigenvalue weighted by Crippen LogP contribution is 2.30. The quantitative estimate of drug-likeness (QED) is 0.341. The lowest BCUT2D eigenvalue weighted by atomic mass is 10.1. The number of hydrogen-bond acceptors (Lipinski definition) is 9. The molecule has 5 heterocycles. The minimum atomic E-state index is -0.451. The second-order valence-electron chi connectivity index (χ2n) is 10.4. The molecule has 0 radical (unpaired) electrons. The van der Waals surface area contributed by atoms with Crippen LogP contribution in [-0.4, -0.2) is 78.9 Å². The lowest BCUT2D eigenvalue weighted by Crippen LogP contribution is -2.29. The molecule has 2 aromatic heterocycles. The van der Waals surface area contributed by atoms with E-state index < -0.39 is 6.09 Å². The molecule has 2 amide bonds. The zero-order valence-corrected chi connectivity index (χ0v) is 22.9. The van der Waals surface area contributed by atoms with E-state index in [0.29, 0.717) is 55.9 Å². The fraction of sp³-hybridized carbons (Fsp3) is 0.400. The summed E-state index contributed by atoms with van der Waals surface area (Å²) < 4.78 is 16.8. The number of pyridine rings is 2. The zero-order chi connectivity index (χ0) is 28.0. The third-order valence-corrected chi connectivity index (χ3v) is 7.39. The van der Waals surface area contributed by atoms with Crippen LogP contribution in [0.1, 0.15) is 24.8 Å². The highest BCUT2D eigenvalue weighted by molar-refractivity contribution is 5.95. The summed E-state index contributed by atoms with van der Waals surface area (Å²) in [5.74, 6) is 1.58. The Bertz CT molecular complexity index is 1400. The fourth-order valence-corrected chi connectivity index (χ4v) is 5.24. The smallest absolute Gasteiger partial charge is 0.415 e. The van der Waals surface area contributed by atoms with Gasteiger partial charge in [0, 0.05) is 24.7 Å². The van der Waals surface area contributed by atoms with E-state index in [1.165, 1.54) is 17.7 Å². The van der Waals surface area contributed by atoms with Crippen molar-refractivity contribution in [3.05, 3.63) is 60.2 Å². The molecule has 0 aliphatic carbocycles. The molecule has 2 fully saturated rings. The topological polar surface area (TPSA) is 118 Å². The molecule has 41 heavy (non-hydrogen) atoms. The molecule has 0 saturated carbocycles. The molecular weight excluding hydrogens is 524 g/mol. The van der Waals surface area contributed by atoms with Crippen LogP contribution in [0.2, 0.25) is 0 Å². The Balaban J connectivity index is 0.972. The van der Waals surface area contributed by atoms with Crippen molar-refractivity contribution in [3.63, 3.8) is 0 Å². The van der Waals surface area contributed by atoms with E-state index in [9.17, 15) is 9.59 Å². The van der Waals surface area contributed by atoms with Crippen molar-refractivity contribution in [2.75, 3.05) is 56.2 Å². The van der Waals surface area contributed by atoms with E-state index >= 15 is 0 Å². The molecule has 0 spiro atoms. The van der Waals surface area contributed by atoms with Gasteiger partial charge in [-0.15, -0.1) is 0 Å². The zero-order valence-electron chi connectivity index (χ0n) is 22.9. The number of amides is 2. The molecule has 1 aromatic carbocycles. The number of carbonyl (C=O) groups excluding carboxylic acids is 2. The summed E-state index contributed by atoms with van der Waals surface area (Å²) in [4.78, 5) is 37.1. The number of hydrogen-bond donors (Lipinski definition) is 2. The third-order valence-electron chi connectivity index (χ3n) is 7.39. The minimum Gasteiger partial charge on any atom is -0.480 e. The number of cyclic esters (lactones) is 1. The molecular formula is C30H34N6O5. The van der Waals surface area contributed by atoms with E-state index in [4.69, 9.17) is 19.2 Å². The van der Waals surface area contributed by atoms with Crippen LogP contribution in [-0.2, 0) is 16.1 Å². The van der Waals surface area contributed by atoms with Crippen molar-refractivity contribution in [2.24, 2.45) is 0 Å². The second kappa shape index (κ2) is 12.5. The first-order valence-corrected chi connectivity index (χ1v) is 14.1. The number of likely N-dealkylation sites (tertiary alicyclic amines) is 1. The number of anilines is 2. The van der Waals surface area contributed by atoms with Gasteiger partial charge < -0.3 is 24.8 Å². The summed E-state index contributed by atoms with van der Waals surface area (Å²) in [5, 5.41) is 6.12. The van der Waals surface area contributed by atoms with E-state index in [2.05, 4.69) is 38.7 Å². The van der Waals surface area contributed by atoms with Gasteiger partial charge in [-0.05, 0) is 68.7 Å². The number of ether oxygens (including phenoxy) is 3. The highest BCUT2D eigenvalue weighted by Gasteiger charge is 2.33. The molecule has 1 atom stereocenters. The van der Waals surface area contributed by atoms with Crippen LogP contribution in [0.4, 0.5) is 16.4 Å². The Labute approximate surface area is 238 Å². The highest BCUT2D eigenvalue weighted by atomic mass is 16.6. The summed E-state index contributed by atoms with van der Waals surface area (Å²) >= 11 is 0. The molecule has 2 N–H and O–H groups in total. The van der Waals surface area contributed by atoms with Gasteiger partial charge in [0.1, 0.15) is 18.5 Å². The largest absolute Gasteiger partial charge is 0.480 e. The van der Waals surface area contributed by atoms with Crippen LogP contribution in [0.15, 0.2) is 54.6 Å². The average molecular weight is 559 g/mol. The first-order chi connectivity index (χ1) is 20.1. The van der Waals surface area contributed by atoms with Gasteiger partial charge in [0.2, 0.25) is 5.88 Å². The molecule has 11 nitrogen and oxygen atoms in total. The van der Waals surface area contributed by atoms with Crippen molar-refractivity contribution in [1.29, 1.82) is 0 Å². The van der Waals surface area contributed by atoms with E-state index in [0.717, 1.165) is 36.5 Å². The number of carbonyl (C=O) groups is 2. The molecule has 1 unspecified atom stereocenters. The molecule has 3 aliphatic heterocycles. The first-order valence-electron chi connectivity index (χ1n) is 14.1. The minimum absolute atomic E-state index is 0.0444. The number of nitrogens with zero attached hydrogens (tertiary/aromatic N) is 4. The Morgan fingerprint density at radius 3 is 2.83 bits per heavy atom. The van der Waals surface area contributed by atoms with Crippen LogP contribution >= 0.6 is 0 Å². The van der Waals surface area contributed by atoms with Gasteiger partial charge in [-0.25, -0.2) is 14.8 Å². The average Bonchev–Trinajstić information content (AvgIpc) is 3.65. The predicted octanol–water partition coefficient (Wildman–Crippen LogP) is 3.45. The number of fused-ring (bicyclic) bond motifs is 1. The van der Waals surface area contributed by atoms with Crippen molar-refractivity contribution in [2.45, 2.75) is 31.9 Å². The number of rotatable bonds is 11. The maximum Gasteiger partial charge on any atom is 0.415 e. The number of aromatic nitrogens is 2. The first kappa shape index (κ1) is 27.0. The molecule has 2 saturated heterocycles. The van der Waals surface area contributed by atoms with Gasteiger partial charge in [-0.1, -0.05) is 24.3 Å². The summed E-state index contributed by atoms with van der Waals surface area (Å²) in [7, 11) is 0. The predicted molar refractivity (Wildman–Crippen MR) is 153 cm³/mol. The van der Waals surface area contributed by atoms with Gasteiger partial charge in [0.05, 0.1) is 12.2 Å². The monoisotopic (exact) mass is 558 g/mol. The summed E-state index contributed by atoms with van der Waals surface area (Å²) in [6.45, 7) is 5.60. The van der Waals surface area contributed by atoms with Crippen molar-refractivity contribution < 1.29 is 23.8 Å². The van der Waals surface area contributed by atoms with Crippen LogP contribution in [0.25, 0.3) is 11.3 Å². The molecule has 3 aliphatic rings. The molecule has 6 rings (SSSR count).